The van der Waals surface area contributed by atoms with Crippen LogP contribution in [0.2, 0.25) is 0 Å². The number of amides is 2. The molecule has 0 radical (unpaired) electrons. The van der Waals surface area contributed by atoms with Crippen LogP contribution in [-0.4, -0.2) is 21.8 Å². The van der Waals surface area contributed by atoms with Gasteiger partial charge in [0, 0.05) is 35.6 Å². The van der Waals surface area contributed by atoms with E-state index in [2.05, 4.69) is 25.9 Å². The number of hydrogen-bond donors (Lipinski definition) is 3. The number of carbonyl (C=O) groups excluding carboxylic acids is 2. The Bertz CT molecular complexity index is 1220. The van der Waals surface area contributed by atoms with E-state index < -0.39 is 0 Å². The quantitative estimate of drug-likeness (QED) is 0.404. The molecule has 8 heteroatoms. The molecule has 32 heavy (non-hydrogen) atoms. The molecule has 0 fully saturated rings. The van der Waals surface area contributed by atoms with Gasteiger partial charge in [-0.15, -0.1) is 0 Å². The smallest absolute Gasteiger partial charge is 0.251 e. The highest BCUT2D eigenvalue weighted by atomic mass is 16.3. The molecule has 0 saturated carbocycles. The predicted octanol–water partition coefficient (Wildman–Crippen LogP) is 4.37. The fraction of sp³-hybridized carbons (Fsp3) is 0.0833. The zero-order valence-corrected chi connectivity index (χ0v) is 17.3. The molecule has 8 nitrogen and oxygen atoms in total. The summed E-state index contributed by atoms with van der Waals surface area (Å²) in [5, 5.41) is 8.70. The third-order valence-corrected chi connectivity index (χ3v) is 4.54. The van der Waals surface area contributed by atoms with Gasteiger partial charge in [-0.1, -0.05) is 18.2 Å². The van der Waals surface area contributed by atoms with Gasteiger partial charge >= 0.3 is 0 Å². The molecule has 2 aromatic carbocycles. The van der Waals surface area contributed by atoms with Gasteiger partial charge in [-0.05, 0) is 48.5 Å². The lowest BCUT2D eigenvalue weighted by atomic mass is 10.1. The van der Waals surface area contributed by atoms with Crippen LogP contribution < -0.4 is 16.0 Å². The van der Waals surface area contributed by atoms with E-state index in [4.69, 9.17) is 4.42 Å². The number of nitrogens with one attached hydrogen (secondary N) is 3. The monoisotopic (exact) mass is 427 g/mol. The summed E-state index contributed by atoms with van der Waals surface area (Å²) in [6.45, 7) is 1.78. The van der Waals surface area contributed by atoms with Crippen LogP contribution in [0.5, 0.6) is 0 Å². The molecule has 0 bridgehead atoms. The lowest BCUT2D eigenvalue weighted by molar-refractivity contribution is -0.114. The van der Waals surface area contributed by atoms with Crippen LogP contribution in [0.25, 0.3) is 11.3 Å². The third-order valence-electron chi connectivity index (χ3n) is 4.54. The number of rotatable bonds is 7. The summed E-state index contributed by atoms with van der Waals surface area (Å²) in [5.41, 5.74) is 3.52. The highest BCUT2D eigenvalue weighted by molar-refractivity contribution is 5.95. The summed E-state index contributed by atoms with van der Waals surface area (Å²) >= 11 is 0. The SMILES string of the molecule is CC(=O)Nc1ccc(-c2ccnc(Nc3cccc(C(=O)NCc4ccco4)c3)n2)cc1. The van der Waals surface area contributed by atoms with Crippen LogP contribution in [-0.2, 0) is 11.3 Å². The molecular formula is C24H21N5O3. The summed E-state index contributed by atoms with van der Waals surface area (Å²) in [6, 6.07) is 19.9. The molecule has 0 unspecified atom stereocenters. The highest BCUT2D eigenvalue weighted by Crippen LogP contribution is 2.22. The molecule has 2 aromatic heterocycles. The fourth-order valence-electron chi connectivity index (χ4n) is 3.06. The van der Waals surface area contributed by atoms with E-state index >= 15 is 0 Å². The molecule has 0 aliphatic heterocycles. The van der Waals surface area contributed by atoms with Crippen LogP contribution in [0, 0.1) is 0 Å². The van der Waals surface area contributed by atoms with E-state index in [1.54, 1.807) is 48.9 Å². The van der Waals surface area contributed by atoms with E-state index in [-0.39, 0.29) is 11.8 Å². The third kappa shape index (κ3) is 5.37. The van der Waals surface area contributed by atoms with Gasteiger partial charge in [0.25, 0.3) is 5.91 Å². The number of nitrogens with zero attached hydrogens (tertiary/aromatic N) is 2. The van der Waals surface area contributed by atoms with Crippen LogP contribution in [0.3, 0.4) is 0 Å². The molecule has 160 valence electrons. The Balaban J connectivity index is 1.44. The maximum absolute atomic E-state index is 12.4. The molecule has 4 aromatic rings. The minimum atomic E-state index is -0.209. The second-order valence-electron chi connectivity index (χ2n) is 6.99. The summed E-state index contributed by atoms with van der Waals surface area (Å²) in [7, 11) is 0. The summed E-state index contributed by atoms with van der Waals surface area (Å²) in [5.74, 6) is 0.756. The van der Waals surface area contributed by atoms with Crippen LogP contribution in [0.1, 0.15) is 23.0 Å². The Morgan fingerprint density at radius 3 is 2.56 bits per heavy atom. The van der Waals surface area contributed by atoms with Gasteiger partial charge < -0.3 is 20.4 Å². The molecule has 0 spiro atoms. The molecule has 2 amide bonds. The minimum Gasteiger partial charge on any atom is -0.467 e. The summed E-state index contributed by atoms with van der Waals surface area (Å²) in [4.78, 5) is 32.4. The highest BCUT2D eigenvalue weighted by Gasteiger charge is 2.09. The summed E-state index contributed by atoms with van der Waals surface area (Å²) in [6.07, 6.45) is 3.23. The zero-order valence-electron chi connectivity index (χ0n) is 17.3. The van der Waals surface area contributed by atoms with Crippen molar-refractivity contribution in [1.29, 1.82) is 0 Å². The number of aromatic nitrogens is 2. The number of anilines is 3. The van der Waals surface area contributed by atoms with E-state index in [1.165, 1.54) is 6.92 Å². The Hall–Kier alpha value is -4.46. The van der Waals surface area contributed by atoms with Gasteiger partial charge in [0.1, 0.15) is 5.76 Å². The molecule has 2 heterocycles. The molecule has 0 aliphatic carbocycles. The van der Waals surface area contributed by atoms with Crippen molar-refractivity contribution in [3.8, 4) is 11.3 Å². The Morgan fingerprint density at radius 1 is 0.969 bits per heavy atom. The predicted molar refractivity (Wildman–Crippen MR) is 121 cm³/mol. The standard InChI is InChI=1S/C24H21N5O3/c1-16(30)27-19-9-7-17(8-10-19)22-11-12-25-24(29-22)28-20-5-2-4-18(14-20)23(31)26-15-21-6-3-13-32-21/h2-14H,15H2,1H3,(H,26,31)(H,27,30)(H,25,28,29). The first kappa shape index (κ1) is 20.8. The second kappa shape index (κ2) is 9.57. The van der Waals surface area contributed by atoms with Crippen LogP contribution in [0.4, 0.5) is 17.3 Å². The molecule has 4 rings (SSSR count). The lowest BCUT2D eigenvalue weighted by Crippen LogP contribution is -2.22. The van der Waals surface area contributed by atoms with E-state index in [0.717, 1.165) is 16.9 Å². The van der Waals surface area contributed by atoms with Gasteiger partial charge in [0.05, 0.1) is 18.5 Å². The first-order valence-corrected chi connectivity index (χ1v) is 9.95. The topological polar surface area (TPSA) is 109 Å². The van der Waals surface area contributed by atoms with Crippen molar-refractivity contribution in [1.82, 2.24) is 15.3 Å². The second-order valence-corrected chi connectivity index (χ2v) is 6.99. The van der Waals surface area contributed by atoms with Gasteiger partial charge in [0.15, 0.2) is 0 Å². The number of hydrogen-bond acceptors (Lipinski definition) is 6. The summed E-state index contributed by atoms with van der Waals surface area (Å²) < 4.78 is 5.23. The Morgan fingerprint density at radius 2 is 1.81 bits per heavy atom. The van der Waals surface area contributed by atoms with Crippen LogP contribution in [0.15, 0.2) is 83.6 Å². The minimum absolute atomic E-state index is 0.122. The largest absolute Gasteiger partial charge is 0.467 e. The fourth-order valence-corrected chi connectivity index (χ4v) is 3.06. The van der Waals surface area contributed by atoms with E-state index in [0.29, 0.717) is 29.5 Å². The Labute approximate surface area is 184 Å². The van der Waals surface area contributed by atoms with Gasteiger partial charge in [0.2, 0.25) is 11.9 Å². The number of furan rings is 1. The van der Waals surface area contributed by atoms with Crippen molar-refractivity contribution < 1.29 is 14.0 Å². The average molecular weight is 427 g/mol. The maximum atomic E-state index is 12.4. The molecular weight excluding hydrogens is 406 g/mol. The Kier molecular flexibility index (Phi) is 6.22. The van der Waals surface area contributed by atoms with E-state index in [1.807, 2.05) is 30.3 Å². The zero-order chi connectivity index (χ0) is 22.3. The van der Waals surface area contributed by atoms with Gasteiger partial charge in [-0.3, -0.25) is 9.59 Å². The molecule has 0 saturated heterocycles. The van der Waals surface area contributed by atoms with Gasteiger partial charge in [-0.2, -0.15) is 0 Å². The van der Waals surface area contributed by atoms with Gasteiger partial charge in [-0.25, -0.2) is 9.97 Å². The van der Waals surface area contributed by atoms with Crippen molar-refractivity contribution in [3.63, 3.8) is 0 Å². The molecule has 0 aliphatic rings. The number of carbonyl (C=O) groups is 2. The van der Waals surface area contributed by atoms with Crippen molar-refractivity contribution >= 4 is 29.1 Å². The normalized spacial score (nSPS) is 10.4. The van der Waals surface area contributed by atoms with Crippen molar-refractivity contribution in [2.45, 2.75) is 13.5 Å². The molecule has 0 atom stereocenters. The number of benzene rings is 2. The first-order valence-electron chi connectivity index (χ1n) is 9.95. The molecule has 3 N–H and O–H groups in total. The van der Waals surface area contributed by atoms with Crippen LogP contribution >= 0.6 is 0 Å². The maximum Gasteiger partial charge on any atom is 0.251 e. The van der Waals surface area contributed by atoms with Crippen molar-refractivity contribution in [3.05, 3.63) is 90.5 Å². The van der Waals surface area contributed by atoms with Crippen molar-refractivity contribution in [2.75, 3.05) is 10.6 Å². The van der Waals surface area contributed by atoms with Crippen molar-refractivity contribution in [2.24, 2.45) is 0 Å². The van der Waals surface area contributed by atoms with E-state index in [9.17, 15) is 9.59 Å². The lowest BCUT2D eigenvalue weighted by Gasteiger charge is -2.09. The first-order chi connectivity index (χ1) is 15.6. The average Bonchev–Trinajstić information content (AvgIpc) is 3.32.